The standard InChI is InChI=1S/C8H8F2N2O2/c9-5-1-4(3-12-8(5)10)6(11)2-7(13)14/h1,3,6H,2,11H2,(H,13,14)/t6-/m1/s1. The van der Waals surface area contributed by atoms with Crippen LogP contribution in [0, 0.1) is 11.8 Å². The molecule has 0 aliphatic rings. The number of carbonyl (C=O) groups is 1. The fraction of sp³-hybridized carbons (Fsp3) is 0.250. The quantitative estimate of drug-likeness (QED) is 0.712. The maximum absolute atomic E-state index is 12.6. The number of hydrogen-bond donors (Lipinski definition) is 2. The van der Waals surface area contributed by atoms with Crippen LogP contribution < -0.4 is 5.73 Å². The van der Waals surface area contributed by atoms with Gasteiger partial charge in [-0.2, -0.15) is 4.39 Å². The second kappa shape index (κ2) is 4.10. The molecular weight excluding hydrogens is 194 g/mol. The number of aliphatic carboxylic acids is 1. The number of carboxylic acid groups (broad SMARTS) is 1. The summed E-state index contributed by atoms with van der Waals surface area (Å²) in [6, 6.07) is -0.0363. The number of rotatable bonds is 3. The van der Waals surface area contributed by atoms with Crippen LogP contribution in [0.1, 0.15) is 18.0 Å². The van der Waals surface area contributed by atoms with E-state index in [1.54, 1.807) is 0 Å². The molecule has 1 aromatic rings. The first-order valence-electron chi connectivity index (χ1n) is 3.79. The van der Waals surface area contributed by atoms with Gasteiger partial charge in [-0.15, -0.1) is 0 Å². The molecule has 0 saturated heterocycles. The van der Waals surface area contributed by atoms with E-state index >= 15 is 0 Å². The van der Waals surface area contributed by atoms with E-state index < -0.39 is 23.8 Å². The maximum atomic E-state index is 12.6. The molecule has 1 heterocycles. The maximum Gasteiger partial charge on any atom is 0.305 e. The van der Waals surface area contributed by atoms with E-state index in [9.17, 15) is 13.6 Å². The Kier molecular flexibility index (Phi) is 3.08. The summed E-state index contributed by atoms with van der Waals surface area (Å²) in [6.45, 7) is 0. The summed E-state index contributed by atoms with van der Waals surface area (Å²) in [6.07, 6.45) is 0.665. The molecule has 14 heavy (non-hydrogen) atoms. The van der Waals surface area contributed by atoms with Crippen LogP contribution in [0.2, 0.25) is 0 Å². The van der Waals surface area contributed by atoms with Gasteiger partial charge < -0.3 is 10.8 Å². The summed E-state index contributed by atoms with van der Waals surface area (Å²) in [5, 5.41) is 8.40. The van der Waals surface area contributed by atoms with Crippen molar-refractivity contribution in [2.75, 3.05) is 0 Å². The zero-order valence-corrected chi connectivity index (χ0v) is 7.08. The van der Waals surface area contributed by atoms with E-state index in [0.717, 1.165) is 12.3 Å². The molecule has 0 fully saturated rings. The molecule has 0 spiro atoms. The molecule has 0 saturated carbocycles. The second-order valence-electron chi connectivity index (χ2n) is 2.75. The third-order valence-electron chi connectivity index (χ3n) is 1.64. The molecule has 0 aromatic carbocycles. The molecule has 0 radical (unpaired) electrons. The minimum atomic E-state index is -1.23. The fourth-order valence-corrected chi connectivity index (χ4v) is 0.945. The number of hydrogen-bond acceptors (Lipinski definition) is 3. The van der Waals surface area contributed by atoms with Crippen molar-refractivity contribution in [1.82, 2.24) is 4.98 Å². The normalized spacial score (nSPS) is 12.5. The van der Waals surface area contributed by atoms with Crippen molar-refractivity contribution in [2.24, 2.45) is 5.73 Å². The molecule has 0 unspecified atom stereocenters. The zero-order valence-electron chi connectivity index (χ0n) is 7.08. The Bertz CT molecular complexity index is 357. The van der Waals surface area contributed by atoms with Crippen LogP contribution in [0.3, 0.4) is 0 Å². The molecule has 6 heteroatoms. The molecule has 4 nitrogen and oxygen atoms in total. The van der Waals surface area contributed by atoms with E-state index in [-0.39, 0.29) is 12.0 Å². The number of pyridine rings is 1. The molecule has 0 amide bonds. The molecule has 1 rings (SSSR count). The van der Waals surface area contributed by atoms with Crippen molar-refractivity contribution in [3.63, 3.8) is 0 Å². The summed E-state index contributed by atoms with van der Waals surface area (Å²) >= 11 is 0. The largest absolute Gasteiger partial charge is 0.481 e. The molecule has 0 bridgehead atoms. The third kappa shape index (κ3) is 2.46. The van der Waals surface area contributed by atoms with Gasteiger partial charge in [-0.05, 0) is 11.6 Å². The number of halogens is 2. The molecule has 3 N–H and O–H groups in total. The predicted molar refractivity (Wildman–Crippen MR) is 43.3 cm³/mol. The highest BCUT2D eigenvalue weighted by atomic mass is 19.2. The van der Waals surface area contributed by atoms with Gasteiger partial charge in [0.15, 0.2) is 5.82 Å². The van der Waals surface area contributed by atoms with E-state index in [0.29, 0.717) is 0 Å². The van der Waals surface area contributed by atoms with Crippen molar-refractivity contribution >= 4 is 5.97 Å². The van der Waals surface area contributed by atoms with Crippen molar-refractivity contribution in [2.45, 2.75) is 12.5 Å². The Balaban J connectivity index is 2.85. The summed E-state index contributed by atoms with van der Waals surface area (Å²) in [5.74, 6) is -3.47. The summed E-state index contributed by atoms with van der Waals surface area (Å²) in [4.78, 5) is 13.4. The highest BCUT2D eigenvalue weighted by Gasteiger charge is 2.13. The van der Waals surface area contributed by atoms with E-state index in [1.165, 1.54) is 0 Å². The molecule has 0 aliphatic heterocycles. The summed E-state index contributed by atoms with van der Waals surface area (Å²) < 4.78 is 25.0. The number of carboxylic acids is 1. The second-order valence-corrected chi connectivity index (χ2v) is 2.75. The van der Waals surface area contributed by atoms with Gasteiger partial charge in [-0.3, -0.25) is 4.79 Å². The van der Waals surface area contributed by atoms with E-state index in [1.807, 2.05) is 0 Å². The lowest BCUT2D eigenvalue weighted by molar-refractivity contribution is -0.137. The van der Waals surface area contributed by atoms with Gasteiger partial charge >= 0.3 is 5.97 Å². The SMILES string of the molecule is N[C@H](CC(=O)O)c1cnc(F)c(F)c1. The van der Waals surface area contributed by atoms with Crippen molar-refractivity contribution < 1.29 is 18.7 Å². The van der Waals surface area contributed by atoms with Crippen LogP contribution in [0.25, 0.3) is 0 Å². The number of aromatic nitrogens is 1. The average molecular weight is 202 g/mol. The van der Waals surface area contributed by atoms with Crippen LogP contribution in [0.15, 0.2) is 12.3 Å². The Morgan fingerprint density at radius 2 is 2.29 bits per heavy atom. The lowest BCUT2D eigenvalue weighted by atomic mass is 10.1. The van der Waals surface area contributed by atoms with Gasteiger partial charge in [0.2, 0.25) is 5.95 Å². The zero-order chi connectivity index (χ0) is 10.7. The van der Waals surface area contributed by atoms with Crippen LogP contribution in [0.4, 0.5) is 8.78 Å². The van der Waals surface area contributed by atoms with Crippen LogP contribution in [-0.2, 0) is 4.79 Å². The van der Waals surface area contributed by atoms with Crippen LogP contribution >= 0.6 is 0 Å². The van der Waals surface area contributed by atoms with Gasteiger partial charge in [0.1, 0.15) is 0 Å². The number of nitrogens with two attached hydrogens (primary N) is 1. The molecule has 1 atom stereocenters. The van der Waals surface area contributed by atoms with Crippen LogP contribution in [0.5, 0.6) is 0 Å². The van der Waals surface area contributed by atoms with Gasteiger partial charge in [0.25, 0.3) is 0 Å². The fourth-order valence-electron chi connectivity index (χ4n) is 0.945. The van der Waals surface area contributed by atoms with Gasteiger partial charge in [-0.25, -0.2) is 9.37 Å². The Hall–Kier alpha value is -1.56. The minimum Gasteiger partial charge on any atom is -0.481 e. The highest BCUT2D eigenvalue weighted by molar-refractivity contribution is 5.67. The van der Waals surface area contributed by atoms with E-state index in [2.05, 4.69) is 4.98 Å². The first-order valence-corrected chi connectivity index (χ1v) is 3.79. The third-order valence-corrected chi connectivity index (χ3v) is 1.64. The Labute approximate surface area is 78.4 Å². The molecule has 76 valence electrons. The lowest BCUT2D eigenvalue weighted by Gasteiger charge is -2.08. The van der Waals surface area contributed by atoms with Crippen molar-refractivity contribution in [3.05, 3.63) is 29.6 Å². The molecule has 0 aliphatic carbocycles. The summed E-state index contributed by atoms with van der Waals surface area (Å²) in [5.41, 5.74) is 5.56. The van der Waals surface area contributed by atoms with E-state index in [4.69, 9.17) is 10.8 Å². The first-order chi connectivity index (χ1) is 6.50. The minimum absolute atomic E-state index is 0.159. The van der Waals surface area contributed by atoms with Crippen molar-refractivity contribution in [1.29, 1.82) is 0 Å². The number of nitrogens with zero attached hydrogens (tertiary/aromatic N) is 1. The smallest absolute Gasteiger partial charge is 0.305 e. The van der Waals surface area contributed by atoms with Gasteiger partial charge in [0.05, 0.1) is 6.42 Å². The lowest BCUT2D eigenvalue weighted by Crippen LogP contribution is -2.15. The monoisotopic (exact) mass is 202 g/mol. The Morgan fingerprint density at radius 1 is 1.64 bits per heavy atom. The average Bonchev–Trinajstić information content (AvgIpc) is 2.08. The topological polar surface area (TPSA) is 76.2 Å². The van der Waals surface area contributed by atoms with Crippen molar-refractivity contribution in [3.8, 4) is 0 Å². The highest BCUT2D eigenvalue weighted by Crippen LogP contribution is 2.14. The Morgan fingerprint density at radius 3 is 2.79 bits per heavy atom. The van der Waals surface area contributed by atoms with Gasteiger partial charge in [0, 0.05) is 12.2 Å². The summed E-state index contributed by atoms with van der Waals surface area (Å²) in [7, 11) is 0. The predicted octanol–water partition coefficient (Wildman–Crippen LogP) is 0.834. The first kappa shape index (κ1) is 10.5. The van der Waals surface area contributed by atoms with Crippen LogP contribution in [-0.4, -0.2) is 16.1 Å². The molecule has 1 aromatic heterocycles. The molecular formula is C8H8F2N2O2. The van der Waals surface area contributed by atoms with Gasteiger partial charge in [-0.1, -0.05) is 0 Å².